The van der Waals surface area contributed by atoms with E-state index < -0.39 is 6.04 Å². The van der Waals surface area contributed by atoms with E-state index in [0.29, 0.717) is 19.6 Å². The molecule has 1 heterocycles. The summed E-state index contributed by atoms with van der Waals surface area (Å²) in [6.45, 7) is 4.87. The Morgan fingerprint density at radius 3 is 2.67 bits per heavy atom. The maximum Gasteiger partial charge on any atom is 0.243 e. The van der Waals surface area contributed by atoms with Gasteiger partial charge in [0.05, 0.1) is 19.3 Å². The molecule has 1 saturated heterocycles. The molecule has 1 aromatic rings. The highest BCUT2D eigenvalue weighted by molar-refractivity contribution is 5.95. The Hall–Kier alpha value is -1.88. The molecule has 114 valence electrons. The maximum absolute atomic E-state index is 12.1. The van der Waals surface area contributed by atoms with Gasteiger partial charge in [-0.15, -0.1) is 0 Å². The van der Waals surface area contributed by atoms with E-state index >= 15 is 0 Å². The Kier molecular flexibility index (Phi) is 5.33. The minimum atomic E-state index is -0.454. The van der Waals surface area contributed by atoms with Gasteiger partial charge in [0.25, 0.3) is 0 Å². The Morgan fingerprint density at radius 1 is 1.29 bits per heavy atom. The summed E-state index contributed by atoms with van der Waals surface area (Å²) < 4.78 is 5.50. The minimum absolute atomic E-state index is 0.0529. The van der Waals surface area contributed by atoms with Crippen molar-refractivity contribution in [1.82, 2.24) is 10.2 Å². The predicted octanol–water partition coefficient (Wildman–Crippen LogP) is 0.981. The van der Waals surface area contributed by atoms with Gasteiger partial charge in [-0.2, -0.15) is 0 Å². The first-order valence-corrected chi connectivity index (χ1v) is 7.30. The molecule has 0 saturated carbocycles. The van der Waals surface area contributed by atoms with Crippen LogP contribution < -0.4 is 5.32 Å². The average molecular weight is 290 g/mol. The molecule has 2 amide bonds. The monoisotopic (exact) mass is 290 g/mol. The van der Waals surface area contributed by atoms with Gasteiger partial charge < -0.3 is 15.0 Å². The van der Waals surface area contributed by atoms with Crippen molar-refractivity contribution in [2.75, 3.05) is 19.7 Å². The number of amides is 2. The zero-order chi connectivity index (χ0) is 15.2. The fourth-order valence-electron chi connectivity index (χ4n) is 2.40. The van der Waals surface area contributed by atoms with Crippen LogP contribution in [0.3, 0.4) is 0 Å². The molecule has 0 radical (unpaired) electrons. The molecular weight excluding hydrogens is 268 g/mol. The van der Waals surface area contributed by atoms with Gasteiger partial charge >= 0.3 is 0 Å². The van der Waals surface area contributed by atoms with Crippen LogP contribution in [0.1, 0.15) is 19.4 Å². The van der Waals surface area contributed by atoms with Gasteiger partial charge in [0.15, 0.2) is 0 Å². The molecule has 0 aliphatic carbocycles. The number of hydrogen-bond acceptors (Lipinski definition) is 3. The third-order valence-corrected chi connectivity index (χ3v) is 3.47. The first kappa shape index (κ1) is 15.5. The summed E-state index contributed by atoms with van der Waals surface area (Å²) >= 11 is 0. The van der Waals surface area contributed by atoms with Gasteiger partial charge in [-0.05, 0) is 19.4 Å². The third-order valence-electron chi connectivity index (χ3n) is 3.47. The van der Waals surface area contributed by atoms with Gasteiger partial charge in [0.2, 0.25) is 11.8 Å². The quantitative estimate of drug-likeness (QED) is 0.849. The number of piperazine rings is 1. The van der Waals surface area contributed by atoms with Crippen molar-refractivity contribution < 1.29 is 14.3 Å². The van der Waals surface area contributed by atoms with E-state index in [2.05, 4.69) is 5.32 Å². The van der Waals surface area contributed by atoms with Gasteiger partial charge in [0.1, 0.15) is 6.04 Å². The standard InChI is InChI=1S/C16H22N2O3/c1-12(2)21-9-8-18-14(16(20)17-11-15(18)19)10-13-6-4-3-5-7-13/h3-7,12,14H,8-11H2,1-2H3,(H,17,20). The lowest BCUT2D eigenvalue weighted by Crippen LogP contribution is -2.59. The van der Waals surface area contributed by atoms with Crippen molar-refractivity contribution in [3.05, 3.63) is 35.9 Å². The van der Waals surface area contributed by atoms with Crippen molar-refractivity contribution in [3.8, 4) is 0 Å². The Morgan fingerprint density at radius 2 is 2.00 bits per heavy atom. The van der Waals surface area contributed by atoms with Crippen molar-refractivity contribution >= 4 is 11.8 Å². The highest BCUT2D eigenvalue weighted by Gasteiger charge is 2.34. The Labute approximate surface area is 125 Å². The molecule has 1 aliphatic rings. The van der Waals surface area contributed by atoms with Gasteiger partial charge in [0, 0.05) is 13.0 Å². The highest BCUT2D eigenvalue weighted by atomic mass is 16.5. The summed E-state index contributed by atoms with van der Waals surface area (Å²) in [5.41, 5.74) is 1.04. The summed E-state index contributed by atoms with van der Waals surface area (Å²) in [4.78, 5) is 25.8. The van der Waals surface area contributed by atoms with E-state index in [4.69, 9.17) is 4.74 Å². The topological polar surface area (TPSA) is 58.6 Å². The van der Waals surface area contributed by atoms with Crippen LogP contribution in [0.2, 0.25) is 0 Å². The normalized spacial score (nSPS) is 19.0. The number of nitrogens with one attached hydrogen (secondary N) is 1. The SMILES string of the molecule is CC(C)OCCN1C(=O)CNC(=O)C1Cc1ccccc1. The van der Waals surface area contributed by atoms with Crippen LogP contribution in [0.15, 0.2) is 30.3 Å². The number of nitrogens with zero attached hydrogens (tertiary/aromatic N) is 1. The molecule has 5 nitrogen and oxygen atoms in total. The van der Waals surface area contributed by atoms with Crippen LogP contribution in [-0.4, -0.2) is 48.6 Å². The predicted molar refractivity (Wildman–Crippen MR) is 79.7 cm³/mol. The number of carbonyl (C=O) groups is 2. The lowest BCUT2D eigenvalue weighted by atomic mass is 10.0. The lowest BCUT2D eigenvalue weighted by molar-refractivity contribution is -0.146. The summed E-state index contributed by atoms with van der Waals surface area (Å²) in [6, 6.07) is 9.28. The second kappa shape index (κ2) is 7.22. The number of carbonyl (C=O) groups excluding carboxylic acids is 2. The molecule has 0 bridgehead atoms. The molecule has 1 fully saturated rings. The van der Waals surface area contributed by atoms with E-state index in [1.807, 2.05) is 44.2 Å². The molecular formula is C16H22N2O3. The molecule has 1 atom stereocenters. The van der Waals surface area contributed by atoms with Crippen LogP contribution in [0.4, 0.5) is 0 Å². The van der Waals surface area contributed by atoms with Crippen LogP contribution in [0.5, 0.6) is 0 Å². The molecule has 1 N–H and O–H groups in total. The Bertz CT molecular complexity index is 488. The van der Waals surface area contributed by atoms with Crippen LogP contribution in [-0.2, 0) is 20.7 Å². The largest absolute Gasteiger partial charge is 0.377 e. The zero-order valence-corrected chi connectivity index (χ0v) is 12.5. The van der Waals surface area contributed by atoms with Crippen LogP contribution >= 0.6 is 0 Å². The third kappa shape index (κ3) is 4.29. The van der Waals surface area contributed by atoms with E-state index in [1.54, 1.807) is 4.90 Å². The maximum atomic E-state index is 12.1. The zero-order valence-electron chi connectivity index (χ0n) is 12.5. The summed E-state index contributed by atoms with van der Waals surface area (Å²) in [7, 11) is 0. The molecule has 1 aliphatic heterocycles. The highest BCUT2D eigenvalue weighted by Crippen LogP contribution is 2.13. The molecule has 2 rings (SSSR count). The van der Waals surface area contributed by atoms with Crippen molar-refractivity contribution in [2.24, 2.45) is 0 Å². The number of rotatable bonds is 6. The van der Waals surface area contributed by atoms with Gasteiger partial charge in [-0.25, -0.2) is 0 Å². The lowest BCUT2D eigenvalue weighted by Gasteiger charge is -2.35. The van der Waals surface area contributed by atoms with Gasteiger partial charge in [-0.1, -0.05) is 30.3 Å². The van der Waals surface area contributed by atoms with Crippen LogP contribution in [0.25, 0.3) is 0 Å². The molecule has 1 unspecified atom stereocenters. The van der Waals surface area contributed by atoms with Crippen molar-refractivity contribution in [1.29, 1.82) is 0 Å². The van der Waals surface area contributed by atoms with Crippen molar-refractivity contribution in [2.45, 2.75) is 32.4 Å². The molecule has 0 aromatic heterocycles. The molecule has 0 spiro atoms. The fourth-order valence-corrected chi connectivity index (χ4v) is 2.40. The van der Waals surface area contributed by atoms with Crippen molar-refractivity contribution in [3.63, 3.8) is 0 Å². The summed E-state index contributed by atoms with van der Waals surface area (Å²) in [5.74, 6) is -0.147. The minimum Gasteiger partial charge on any atom is -0.377 e. The number of ether oxygens (including phenoxy) is 1. The summed E-state index contributed by atoms with van der Waals surface area (Å²) in [5, 5.41) is 2.66. The Balaban J connectivity index is 2.05. The first-order valence-electron chi connectivity index (χ1n) is 7.30. The second-order valence-corrected chi connectivity index (χ2v) is 5.43. The number of hydrogen-bond donors (Lipinski definition) is 1. The van der Waals surface area contributed by atoms with Crippen LogP contribution in [0, 0.1) is 0 Å². The van der Waals surface area contributed by atoms with E-state index in [1.165, 1.54) is 0 Å². The van der Waals surface area contributed by atoms with E-state index in [-0.39, 0.29) is 24.5 Å². The smallest absolute Gasteiger partial charge is 0.243 e. The molecule has 1 aromatic carbocycles. The average Bonchev–Trinajstić information content (AvgIpc) is 2.46. The molecule has 5 heteroatoms. The van der Waals surface area contributed by atoms with E-state index in [9.17, 15) is 9.59 Å². The van der Waals surface area contributed by atoms with Gasteiger partial charge in [-0.3, -0.25) is 9.59 Å². The summed E-state index contributed by atoms with van der Waals surface area (Å²) in [6.07, 6.45) is 0.645. The fraction of sp³-hybridized carbons (Fsp3) is 0.500. The first-order chi connectivity index (χ1) is 10.1. The second-order valence-electron chi connectivity index (χ2n) is 5.43. The number of benzene rings is 1. The molecule has 21 heavy (non-hydrogen) atoms. The van der Waals surface area contributed by atoms with E-state index in [0.717, 1.165) is 5.56 Å².